The maximum absolute atomic E-state index is 5.38. The molecule has 6 heteroatoms. The Morgan fingerprint density at radius 2 is 2.05 bits per heavy atom. The van der Waals surface area contributed by atoms with Crippen LogP contribution in [0, 0.1) is 4.77 Å². The number of aromatic nitrogens is 3. The second-order valence-electron chi connectivity index (χ2n) is 4.13. The quantitative estimate of drug-likeness (QED) is 0.636. The van der Waals surface area contributed by atoms with Crippen molar-refractivity contribution in [1.82, 2.24) is 14.5 Å². The largest absolute Gasteiger partial charge is 0.329 e. The van der Waals surface area contributed by atoms with Crippen LogP contribution in [-0.4, -0.2) is 14.5 Å². The van der Waals surface area contributed by atoms with Crippen LogP contribution in [0.4, 0.5) is 0 Å². The molecule has 0 fully saturated rings. The van der Waals surface area contributed by atoms with Crippen LogP contribution in [0.5, 0.6) is 0 Å². The normalized spacial score (nSPS) is 11.1. The molecule has 0 unspecified atom stereocenters. The Morgan fingerprint density at radius 1 is 1.26 bits per heavy atom. The second-order valence-corrected chi connectivity index (χ2v) is 6.29. The number of H-pyrrole nitrogens is 1. The van der Waals surface area contributed by atoms with Gasteiger partial charge in [0.05, 0.1) is 12.1 Å². The molecule has 3 aromatic rings. The molecule has 1 N–H and O–H groups in total. The number of imidazole rings is 1. The molecule has 0 radical (unpaired) electrons. The van der Waals surface area contributed by atoms with Crippen molar-refractivity contribution >= 4 is 55.2 Å². The van der Waals surface area contributed by atoms with Gasteiger partial charge in [0.2, 0.25) is 0 Å². The molecule has 0 bridgehead atoms. The van der Waals surface area contributed by atoms with Crippen LogP contribution in [0.3, 0.4) is 0 Å². The zero-order valence-electron chi connectivity index (χ0n) is 9.73. The molecule has 0 aliphatic carbocycles. The van der Waals surface area contributed by atoms with Gasteiger partial charge in [0.15, 0.2) is 10.4 Å². The predicted molar refractivity (Wildman–Crippen MR) is 85.9 cm³/mol. The van der Waals surface area contributed by atoms with Gasteiger partial charge >= 0.3 is 0 Å². The Bertz CT molecular complexity index is 807. The van der Waals surface area contributed by atoms with Gasteiger partial charge in [-0.25, -0.2) is 4.98 Å². The molecule has 0 atom stereocenters. The highest BCUT2D eigenvalue weighted by atomic mass is 79.9. The minimum Gasteiger partial charge on any atom is -0.329 e. The molecule has 0 spiro atoms. The van der Waals surface area contributed by atoms with Crippen molar-refractivity contribution in [2.24, 2.45) is 0 Å². The van der Waals surface area contributed by atoms with Crippen molar-refractivity contribution in [3.05, 3.63) is 55.8 Å². The van der Waals surface area contributed by atoms with E-state index in [2.05, 4.69) is 47.9 Å². The van der Waals surface area contributed by atoms with Gasteiger partial charge in [-0.1, -0.05) is 34.1 Å². The van der Waals surface area contributed by atoms with E-state index in [1.54, 1.807) is 6.20 Å². The smallest absolute Gasteiger partial charge is 0.179 e. The molecule has 0 saturated carbocycles. The summed E-state index contributed by atoms with van der Waals surface area (Å²) in [5.41, 5.74) is 2.97. The summed E-state index contributed by atoms with van der Waals surface area (Å²) in [5, 5.41) is 0. The lowest BCUT2D eigenvalue weighted by Crippen LogP contribution is -2.01. The van der Waals surface area contributed by atoms with Gasteiger partial charge in [0.25, 0.3) is 0 Å². The lowest BCUT2D eigenvalue weighted by atomic mass is 10.2. The summed E-state index contributed by atoms with van der Waals surface area (Å²) in [6, 6.07) is 10.1. The number of fused-ring (bicyclic) bond motifs is 1. The molecular weight excluding hydrogens is 390 g/mol. The molecule has 2 heterocycles. The average Bonchev–Trinajstić information content (AvgIpc) is 2.68. The van der Waals surface area contributed by atoms with Crippen LogP contribution in [0.25, 0.3) is 11.2 Å². The Balaban J connectivity index is 2.13. The Morgan fingerprint density at radius 3 is 2.84 bits per heavy atom. The number of nitrogens with one attached hydrogen (secondary N) is 1. The van der Waals surface area contributed by atoms with E-state index in [1.165, 1.54) is 5.56 Å². The van der Waals surface area contributed by atoms with E-state index in [9.17, 15) is 0 Å². The van der Waals surface area contributed by atoms with Gasteiger partial charge in [0, 0.05) is 15.1 Å². The Labute approximate surface area is 131 Å². The topological polar surface area (TPSA) is 33.6 Å². The standard InChI is InChI=1S/C13H9Br2N3S/c14-9-5-11-12(16-6-9)18(13(19)17-11)7-8-3-1-2-4-10(8)15/h1-6H,7H2,(H,17,19). The highest BCUT2D eigenvalue weighted by Crippen LogP contribution is 2.21. The molecule has 0 aliphatic rings. The zero-order chi connectivity index (χ0) is 13.4. The highest BCUT2D eigenvalue weighted by molar-refractivity contribution is 9.10. The van der Waals surface area contributed by atoms with E-state index in [0.717, 1.165) is 20.1 Å². The van der Waals surface area contributed by atoms with Crippen molar-refractivity contribution < 1.29 is 0 Å². The van der Waals surface area contributed by atoms with Crippen LogP contribution < -0.4 is 0 Å². The third-order valence-corrected chi connectivity index (χ3v) is 4.39. The van der Waals surface area contributed by atoms with Gasteiger partial charge in [-0.3, -0.25) is 4.57 Å². The van der Waals surface area contributed by atoms with E-state index < -0.39 is 0 Å². The van der Waals surface area contributed by atoms with Crippen molar-refractivity contribution in [3.63, 3.8) is 0 Å². The number of hydrogen-bond donors (Lipinski definition) is 1. The summed E-state index contributed by atoms with van der Waals surface area (Å²) in [6.07, 6.45) is 1.78. The molecule has 0 aliphatic heterocycles. The van der Waals surface area contributed by atoms with Crippen LogP contribution in [0.2, 0.25) is 0 Å². The third-order valence-electron chi connectivity index (χ3n) is 2.86. The number of benzene rings is 1. The van der Waals surface area contributed by atoms with Crippen LogP contribution in [0.15, 0.2) is 45.5 Å². The molecular formula is C13H9Br2N3S. The average molecular weight is 399 g/mol. The highest BCUT2D eigenvalue weighted by Gasteiger charge is 2.08. The molecule has 3 nitrogen and oxygen atoms in total. The summed E-state index contributed by atoms with van der Waals surface area (Å²) in [4.78, 5) is 7.61. The summed E-state index contributed by atoms with van der Waals surface area (Å²) >= 11 is 12.3. The fourth-order valence-corrected chi connectivity index (χ4v) is 2.96. The number of hydrogen-bond acceptors (Lipinski definition) is 2. The van der Waals surface area contributed by atoms with E-state index in [-0.39, 0.29) is 0 Å². The van der Waals surface area contributed by atoms with E-state index in [0.29, 0.717) is 11.3 Å². The monoisotopic (exact) mass is 397 g/mol. The van der Waals surface area contributed by atoms with E-state index >= 15 is 0 Å². The van der Waals surface area contributed by atoms with Crippen LogP contribution >= 0.6 is 44.1 Å². The molecule has 2 aromatic heterocycles. The summed E-state index contributed by atoms with van der Waals surface area (Å²) in [7, 11) is 0. The molecule has 3 rings (SSSR count). The van der Waals surface area contributed by atoms with Gasteiger partial charge in [-0.05, 0) is 45.8 Å². The first-order chi connectivity index (χ1) is 9.15. The van der Waals surface area contributed by atoms with Gasteiger partial charge in [0.1, 0.15) is 0 Å². The Hall–Kier alpha value is -0.980. The molecule has 0 saturated heterocycles. The first kappa shape index (κ1) is 13.0. The lowest BCUT2D eigenvalue weighted by molar-refractivity contribution is 0.797. The predicted octanol–water partition coefficient (Wildman–Crippen LogP) is 4.67. The maximum Gasteiger partial charge on any atom is 0.179 e. The fourth-order valence-electron chi connectivity index (χ4n) is 1.96. The molecule has 19 heavy (non-hydrogen) atoms. The Kier molecular flexibility index (Phi) is 3.56. The number of nitrogens with zero attached hydrogens (tertiary/aromatic N) is 2. The number of aromatic amines is 1. The third kappa shape index (κ3) is 2.52. The van der Waals surface area contributed by atoms with Crippen molar-refractivity contribution in [2.75, 3.05) is 0 Å². The van der Waals surface area contributed by atoms with Crippen molar-refractivity contribution in [1.29, 1.82) is 0 Å². The minimum atomic E-state index is 0.677. The number of pyridine rings is 1. The zero-order valence-corrected chi connectivity index (χ0v) is 13.7. The van der Waals surface area contributed by atoms with Crippen molar-refractivity contribution in [3.8, 4) is 0 Å². The van der Waals surface area contributed by atoms with Crippen molar-refractivity contribution in [2.45, 2.75) is 6.54 Å². The van der Waals surface area contributed by atoms with Gasteiger partial charge in [-0.2, -0.15) is 0 Å². The summed E-state index contributed by atoms with van der Waals surface area (Å²) in [5.74, 6) is 0. The van der Waals surface area contributed by atoms with Crippen LogP contribution in [-0.2, 0) is 6.54 Å². The minimum absolute atomic E-state index is 0.677. The van der Waals surface area contributed by atoms with E-state index in [4.69, 9.17) is 12.2 Å². The molecule has 1 aromatic carbocycles. The lowest BCUT2D eigenvalue weighted by Gasteiger charge is -2.06. The van der Waals surface area contributed by atoms with Gasteiger partial charge in [-0.15, -0.1) is 0 Å². The number of halogens is 2. The van der Waals surface area contributed by atoms with Crippen LogP contribution in [0.1, 0.15) is 5.56 Å². The summed E-state index contributed by atoms with van der Waals surface area (Å²) in [6.45, 7) is 0.689. The first-order valence-electron chi connectivity index (χ1n) is 5.62. The SMILES string of the molecule is S=c1[nH]c2cc(Br)cnc2n1Cc1ccccc1Br. The maximum atomic E-state index is 5.38. The second kappa shape index (κ2) is 5.19. The van der Waals surface area contributed by atoms with E-state index in [1.807, 2.05) is 28.8 Å². The number of rotatable bonds is 2. The fraction of sp³-hybridized carbons (Fsp3) is 0.0769. The molecule has 96 valence electrons. The molecule has 0 amide bonds. The summed E-state index contributed by atoms with van der Waals surface area (Å²) < 4.78 is 4.68. The first-order valence-corrected chi connectivity index (χ1v) is 7.62. The van der Waals surface area contributed by atoms with Gasteiger partial charge < -0.3 is 4.98 Å².